The third-order valence-corrected chi connectivity index (χ3v) is 4.45. The van der Waals surface area contributed by atoms with E-state index >= 15 is 0 Å². The summed E-state index contributed by atoms with van der Waals surface area (Å²) in [5.74, 6) is 0.287. The number of para-hydroxylation sites is 1. The zero-order valence-electron chi connectivity index (χ0n) is 14.6. The third kappa shape index (κ3) is 5.59. The Balaban J connectivity index is 1.32. The monoisotopic (exact) mass is 429 g/mol. The standard InChI is InChI=1S/C20H20BrN3O3/c21-15-6-8-16(9-7-15)27-13-19(25)22-10-3-11-23-20(26)18-12-14-4-1-2-5-17(14)24-18/h1-2,4-9,12,24H,3,10-11,13H2,(H,22,25)(H,23,26). The quantitative estimate of drug-likeness (QED) is 0.480. The lowest BCUT2D eigenvalue weighted by Gasteiger charge is -2.08. The van der Waals surface area contributed by atoms with Crippen LogP contribution in [0, 0.1) is 0 Å². The molecule has 140 valence electrons. The molecule has 0 radical (unpaired) electrons. The summed E-state index contributed by atoms with van der Waals surface area (Å²) in [6.07, 6.45) is 0.635. The van der Waals surface area contributed by atoms with Crippen molar-refractivity contribution in [2.75, 3.05) is 19.7 Å². The Morgan fingerprint density at radius 2 is 1.74 bits per heavy atom. The van der Waals surface area contributed by atoms with Gasteiger partial charge in [0.15, 0.2) is 6.61 Å². The van der Waals surface area contributed by atoms with Gasteiger partial charge in [-0.3, -0.25) is 9.59 Å². The Morgan fingerprint density at radius 1 is 1.00 bits per heavy atom. The molecular weight excluding hydrogens is 410 g/mol. The van der Waals surface area contributed by atoms with Crippen LogP contribution < -0.4 is 15.4 Å². The molecule has 0 aliphatic heterocycles. The molecule has 27 heavy (non-hydrogen) atoms. The van der Waals surface area contributed by atoms with Crippen molar-refractivity contribution < 1.29 is 14.3 Å². The number of hydrogen-bond acceptors (Lipinski definition) is 3. The van der Waals surface area contributed by atoms with Gasteiger partial charge >= 0.3 is 0 Å². The maximum absolute atomic E-state index is 12.1. The van der Waals surface area contributed by atoms with Crippen LogP contribution in [-0.2, 0) is 4.79 Å². The first kappa shape index (κ1) is 19.0. The molecule has 3 N–H and O–H groups in total. The van der Waals surface area contributed by atoms with Gasteiger partial charge in [-0.2, -0.15) is 0 Å². The smallest absolute Gasteiger partial charge is 0.267 e. The van der Waals surface area contributed by atoms with Gasteiger partial charge in [0.05, 0.1) is 0 Å². The molecule has 0 aliphatic carbocycles. The van der Waals surface area contributed by atoms with Gasteiger partial charge in [-0.15, -0.1) is 0 Å². The van der Waals surface area contributed by atoms with E-state index in [1.54, 1.807) is 12.1 Å². The van der Waals surface area contributed by atoms with Gasteiger partial charge < -0.3 is 20.4 Å². The van der Waals surface area contributed by atoms with Gasteiger partial charge in [0.25, 0.3) is 11.8 Å². The number of benzene rings is 2. The normalized spacial score (nSPS) is 10.6. The van der Waals surface area contributed by atoms with Crippen LogP contribution in [0.4, 0.5) is 0 Å². The molecular formula is C20H20BrN3O3. The first-order valence-electron chi connectivity index (χ1n) is 8.63. The highest BCUT2D eigenvalue weighted by Crippen LogP contribution is 2.16. The van der Waals surface area contributed by atoms with Crippen LogP contribution in [0.5, 0.6) is 5.75 Å². The summed E-state index contributed by atoms with van der Waals surface area (Å²) in [7, 11) is 0. The van der Waals surface area contributed by atoms with Crippen LogP contribution in [-0.4, -0.2) is 36.5 Å². The summed E-state index contributed by atoms with van der Waals surface area (Å²) < 4.78 is 6.35. The van der Waals surface area contributed by atoms with Gasteiger partial charge in [-0.25, -0.2) is 0 Å². The van der Waals surface area contributed by atoms with Crippen LogP contribution in [0.15, 0.2) is 59.1 Å². The third-order valence-electron chi connectivity index (χ3n) is 3.92. The molecule has 0 saturated carbocycles. The summed E-state index contributed by atoms with van der Waals surface area (Å²) >= 11 is 3.34. The summed E-state index contributed by atoms with van der Waals surface area (Å²) in [4.78, 5) is 27.0. The average Bonchev–Trinajstić information content (AvgIpc) is 3.11. The minimum atomic E-state index is -0.195. The van der Waals surface area contributed by atoms with Gasteiger partial charge in [-0.05, 0) is 42.8 Å². The number of amides is 2. The number of rotatable bonds is 8. The maximum Gasteiger partial charge on any atom is 0.267 e. The molecule has 3 rings (SSSR count). The molecule has 0 unspecified atom stereocenters. The Labute approximate surface area is 165 Å². The zero-order valence-corrected chi connectivity index (χ0v) is 16.2. The van der Waals surface area contributed by atoms with Crippen LogP contribution >= 0.6 is 15.9 Å². The number of nitrogens with one attached hydrogen (secondary N) is 3. The van der Waals surface area contributed by atoms with E-state index in [0.717, 1.165) is 15.4 Å². The van der Waals surface area contributed by atoms with E-state index in [4.69, 9.17) is 4.74 Å². The van der Waals surface area contributed by atoms with E-state index in [1.165, 1.54) is 0 Å². The lowest BCUT2D eigenvalue weighted by atomic mass is 10.2. The van der Waals surface area contributed by atoms with Gasteiger partial charge in [-0.1, -0.05) is 34.1 Å². The number of halogens is 1. The summed E-state index contributed by atoms with van der Waals surface area (Å²) in [6.45, 7) is 0.903. The van der Waals surface area contributed by atoms with Crippen LogP contribution in [0.25, 0.3) is 10.9 Å². The lowest BCUT2D eigenvalue weighted by Crippen LogP contribution is -2.32. The molecule has 0 saturated heterocycles. The molecule has 7 heteroatoms. The molecule has 6 nitrogen and oxygen atoms in total. The predicted octanol–water partition coefficient (Wildman–Crippen LogP) is 3.25. The van der Waals surface area contributed by atoms with E-state index < -0.39 is 0 Å². The van der Waals surface area contributed by atoms with Crippen molar-refractivity contribution in [2.45, 2.75) is 6.42 Å². The highest BCUT2D eigenvalue weighted by molar-refractivity contribution is 9.10. The molecule has 0 spiro atoms. The Kier molecular flexibility index (Phi) is 6.49. The van der Waals surface area contributed by atoms with E-state index in [9.17, 15) is 9.59 Å². The number of carbonyl (C=O) groups excluding carboxylic acids is 2. The van der Waals surface area contributed by atoms with E-state index in [1.807, 2.05) is 42.5 Å². The topological polar surface area (TPSA) is 83.2 Å². The Bertz CT molecular complexity index is 889. The molecule has 2 aromatic carbocycles. The molecule has 0 bridgehead atoms. The highest BCUT2D eigenvalue weighted by Gasteiger charge is 2.08. The van der Waals surface area contributed by atoms with Crippen LogP contribution in [0.2, 0.25) is 0 Å². The Hall–Kier alpha value is -2.80. The van der Waals surface area contributed by atoms with Crippen LogP contribution in [0.3, 0.4) is 0 Å². The van der Waals surface area contributed by atoms with E-state index in [0.29, 0.717) is 31.0 Å². The fourth-order valence-corrected chi connectivity index (χ4v) is 2.80. The summed E-state index contributed by atoms with van der Waals surface area (Å²) in [5, 5.41) is 6.61. The van der Waals surface area contributed by atoms with Crippen molar-refractivity contribution in [1.29, 1.82) is 0 Å². The molecule has 0 fully saturated rings. The highest BCUT2D eigenvalue weighted by atomic mass is 79.9. The number of ether oxygens (including phenoxy) is 1. The molecule has 3 aromatic rings. The van der Waals surface area contributed by atoms with E-state index in [2.05, 4.69) is 31.5 Å². The van der Waals surface area contributed by atoms with Crippen molar-refractivity contribution in [2.24, 2.45) is 0 Å². The first-order valence-corrected chi connectivity index (χ1v) is 9.42. The van der Waals surface area contributed by atoms with Crippen molar-refractivity contribution in [3.8, 4) is 5.75 Å². The number of carbonyl (C=O) groups is 2. The molecule has 2 amide bonds. The predicted molar refractivity (Wildman–Crippen MR) is 108 cm³/mol. The SMILES string of the molecule is O=C(COc1ccc(Br)cc1)NCCCNC(=O)c1cc2ccccc2[nH]1. The average molecular weight is 430 g/mol. The van der Waals surface area contributed by atoms with Crippen molar-refractivity contribution >= 4 is 38.6 Å². The number of aromatic nitrogens is 1. The molecule has 0 aliphatic rings. The van der Waals surface area contributed by atoms with Gasteiger partial charge in [0.1, 0.15) is 11.4 Å². The van der Waals surface area contributed by atoms with Crippen molar-refractivity contribution in [3.63, 3.8) is 0 Å². The minimum absolute atomic E-state index is 0.0386. The maximum atomic E-state index is 12.1. The molecule has 0 atom stereocenters. The van der Waals surface area contributed by atoms with Gasteiger partial charge in [0, 0.05) is 28.5 Å². The largest absolute Gasteiger partial charge is 0.484 e. The second-order valence-electron chi connectivity index (χ2n) is 5.97. The number of H-pyrrole nitrogens is 1. The zero-order chi connectivity index (χ0) is 19.1. The van der Waals surface area contributed by atoms with Gasteiger partial charge in [0.2, 0.25) is 0 Å². The lowest BCUT2D eigenvalue weighted by molar-refractivity contribution is -0.123. The van der Waals surface area contributed by atoms with Crippen molar-refractivity contribution in [1.82, 2.24) is 15.6 Å². The summed E-state index contributed by atoms with van der Waals surface area (Å²) in [5.41, 5.74) is 1.46. The number of aromatic amines is 1. The molecule has 1 heterocycles. The van der Waals surface area contributed by atoms with Crippen molar-refractivity contribution in [3.05, 3.63) is 64.8 Å². The Morgan fingerprint density at radius 3 is 2.52 bits per heavy atom. The number of hydrogen-bond donors (Lipinski definition) is 3. The van der Waals surface area contributed by atoms with Crippen LogP contribution in [0.1, 0.15) is 16.9 Å². The second-order valence-corrected chi connectivity index (χ2v) is 6.89. The fourth-order valence-electron chi connectivity index (χ4n) is 2.54. The second kappa shape index (κ2) is 9.23. The number of fused-ring (bicyclic) bond motifs is 1. The van der Waals surface area contributed by atoms with E-state index in [-0.39, 0.29) is 18.4 Å². The first-order chi connectivity index (χ1) is 13.1. The molecule has 1 aromatic heterocycles. The minimum Gasteiger partial charge on any atom is -0.484 e. The fraction of sp³-hybridized carbons (Fsp3) is 0.200. The summed E-state index contributed by atoms with van der Waals surface area (Å²) in [6, 6.07) is 16.8.